The van der Waals surface area contributed by atoms with Gasteiger partial charge in [-0.2, -0.15) is 0 Å². The second-order valence-corrected chi connectivity index (χ2v) is 10.6. The summed E-state index contributed by atoms with van der Waals surface area (Å²) in [7, 11) is 0. The van der Waals surface area contributed by atoms with Crippen LogP contribution in [-0.2, 0) is 20.7 Å². The molecule has 0 unspecified atom stereocenters. The highest BCUT2D eigenvalue weighted by Crippen LogP contribution is 2.33. The van der Waals surface area contributed by atoms with Crippen LogP contribution >= 0.6 is 0 Å². The normalized spacial score (nSPS) is 13.0. The first kappa shape index (κ1) is 33.9. The van der Waals surface area contributed by atoms with Gasteiger partial charge in [0.05, 0.1) is 6.61 Å². The summed E-state index contributed by atoms with van der Waals surface area (Å²) in [6.45, 7) is 16.0. The molecule has 0 spiro atoms. The van der Waals surface area contributed by atoms with Crippen molar-refractivity contribution in [2.75, 3.05) is 6.61 Å². The lowest BCUT2D eigenvalue weighted by atomic mass is 9.99. The molecule has 0 bridgehead atoms. The topological polar surface area (TPSA) is 72.8 Å². The Morgan fingerprint density at radius 3 is 1.72 bits per heavy atom. The minimum atomic E-state index is -0.356. The molecular formula is C34H50O5. The van der Waals surface area contributed by atoms with Crippen LogP contribution in [0.15, 0.2) is 52.7 Å². The number of carbonyl (C=O) groups is 2. The van der Waals surface area contributed by atoms with E-state index in [1.807, 2.05) is 20.8 Å². The fourth-order valence-corrected chi connectivity index (χ4v) is 4.24. The van der Waals surface area contributed by atoms with Crippen molar-refractivity contribution in [3.8, 4) is 11.5 Å². The van der Waals surface area contributed by atoms with E-state index in [1.165, 1.54) is 29.2 Å². The van der Waals surface area contributed by atoms with Gasteiger partial charge in [-0.15, -0.1) is 0 Å². The van der Waals surface area contributed by atoms with Gasteiger partial charge < -0.3 is 14.6 Å². The van der Waals surface area contributed by atoms with E-state index in [1.54, 1.807) is 6.07 Å². The molecule has 216 valence electrons. The van der Waals surface area contributed by atoms with Crippen LogP contribution in [0.3, 0.4) is 0 Å². The third kappa shape index (κ3) is 14.0. The summed E-state index contributed by atoms with van der Waals surface area (Å²) in [5.41, 5.74) is 7.67. The Morgan fingerprint density at radius 2 is 1.23 bits per heavy atom. The van der Waals surface area contributed by atoms with E-state index in [-0.39, 0.29) is 17.7 Å². The molecule has 5 nitrogen and oxygen atoms in total. The number of phenolic OH excluding ortho intramolecular Hbond substituents is 1. The molecule has 0 aliphatic rings. The van der Waals surface area contributed by atoms with Crippen LogP contribution in [0.1, 0.15) is 110 Å². The monoisotopic (exact) mass is 538 g/mol. The molecule has 0 saturated heterocycles. The second-order valence-electron chi connectivity index (χ2n) is 10.6. The number of ether oxygens (including phenoxy) is 2. The van der Waals surface area contributed by atoms with Crippen molar-refractivity contribution in [1.82, 2.24) is 0 Å². The predicted octanol–water partition coefficient (Wildman–Crippen LogP) is 8.95. The van der Waals surface area contributed by atoms with Gasteiger partial charge in [0, 0.05) is 18.9 Å². The highest BCUT2D eigenvalue weighted by molar-refractivity contribution is 5.71. The van der Waals surface area contributed by atoms with Crippen molar-refractivity contribution in [2.24, 2.45) is 0 Å². The lowest BCUT2D eigenvalue weighted by molar-refractivity contribution is -0.143. The maximum Gasteiger partial charge on any atom is 0.308 e. The first-order chi connectivity index (χ1) is 18.4. The van der Waals surface area contributed by atoms with Crippen molar-refractivity contribution in [3.05, 3.63) is 69.4 Å². The summed E-state index contributed by atoms with van der Waals surface area (Å²) in [5, 5.41) is 10.2. The molecule has 0 atom stereocenters. The van der Waals surface area contributed by atoms with Gasteiger partial charge in [0.25, 0.3) is 0 Å². The molecule has 1 aromatic rings. The van der Waals surface area contributed by atoms with Crippen LogP contribution in [-0.4, -0.2) is 23.7 Å². The van der Waals surface area contributed by atoms with Crippen LogP contribution in [0.2, 0.25) is 0 Å². The van der Waals surface area contributed by atoms with E-state index in [0.29, 0.717) is 25.2 Å². The SMILES string of the molecule is CCOC(=O)CC/C(C)=C/CC/C(C)=C/CC/C(C)=C/CC/C(C)=C/Cc1cc(O)c(C)c(C)c1OC(C)=O. The van der Waals surface area contributed by atoms with E-state index in [0.717, 1.165) is 61.6 Å². The number of allylic oxidation sites excluding steroid dienone is 8. The molecule has 0 amide bonds. The summed E-state index contributed by atoms with van der Waals surface area (Å²) in [4.78, 5) is 23.0. The van der Waals surface area contributed by atoms with Gasteiger partial charge in [-0.3, -0.25) is 9.59 Å². The number of aromatic hydroxyl groups is 1. The van der Waals surface area contributed by atoms with Gasteiger partial charge in [-0.1, -0.05) is 46.6 Å². The second kappa shape index (κ2) is 18.3. The molecule has 5 heteroatoms. The zero-order valence-corrected chi connectivity index (χ0v) is 25.5. The van der Waals surface area contributed by atoms with Crippen molar-refractivity contribution in [1.29, 1.82) is 0 Å². The Balaban J connectivity index is 2.48. The Labute approximate surface area is 236 Å². The molecule has 1 rings (SSSR count). The Kier molecular flexibility index (Phi) is 15.9. The van der Waals surface area contributed by atoms with E-state index < -0.39 is 0 Å². The van der Waals surface area contributed by atoms with Crippen LogP contribution < -0.4 is 4.74 Å². The Bertz CT molecular complexity index is 1090. The molecule has 39 heavy (non-hydrogen) atoms. The smallest absolute Gasteiger partial charge is 0.308 e. The van der Waals surface area contributed by atoms with E-state index >= 15 is 0 Å². The zero-order chi connectivity index (χ0) is 29.4. The largest absolute Gasteiger partial charge is 0.508 e. The van der Waals surface area contributed by atoms with Gasteiger partial charge in [0.1, 0.15) is 11.5 Å². The number of hydrogen-bond acceptors (Lipinski definition) is 5. The summed E-state index contributed by atoms with van der Waals surface area (Å²) >= 11 is 0. The van der Waals surface area contributed by atoms with Crippen LogP contribution in [0.5, 0.6) is 11.5 Å². The first-order valence-electron chi connectivity index (χ1n) is 14.2. The number of benzene rings is 1. The summed E-state index contributed by atoms with van der Waals surface area (Å²) in [6.07, 6.45) is 17.0. The third-order valence-electron chi connectivity index (χ3n) is 6.93. The maximum atomic E-state index is 11.6. The number of esters is 2. The van der Waals surface area contributed by atoms with Crippen LogP contribution in [0.25, 0.3) is 0 Å². The fraction of sp³-hybridized carbons (Fsp3) is 0.529. The zero-order valence-electron chi connectivity index (χ0n) is 25.5. The van der Waals surface area contributed by atoms with Crippen molar-refractivity contribution >= 4 is 11.9 Å². The van der Waals surface area contributed by atoms with Crippen LogP contribution in [0, 0.1) is 13.8 Å². The van der Waals surface area contributed by atoms with Gasteiger partial charge in [-0.25, -0.2) is 0 Å². The quantitative estimate of drug-likeness (QED) is 0.129. The molecule has 1 N–H and O–H groups in total. The van der Waals surface area contributed by atoms with Crippen molar-refractivity contribution in [3.63, 3.8) is 0 Å². The van der Waals surface area contributed by atoms with Crippen LogP contribution in [0.4, 0.5) is 0 Å². The van der Waals surface area contributed by atoms with E-state index in [2.05, 4.69) is 52.0 Å². The summed E-state index contributed by atoms with van der Waals surface area (Å²) in [5.74, 6) is 0.306. The van der Waals surface area contributed by atoms with Crippen molar-refractivity contribution < 1.29 is 24.2 Å². The molecule has 0 saturated carbocycles. The molecular weight excluding hydrogens is 488 g/mol. The molecule has 0 aromatic heterocycles. The Morgan fingerprint density at radius 1 is 0.744 bits per heavy atom. The molecule has 0 heterocycles. The highest BCUT2D eigenvalue weighted by atomic mass is 16.5. The highest BCUT2D eigenvalue weighted by Gasteiger charge is 2.14. The first-order valence-corrected chi connectivity index (χ1v) is 14.2. The minimum Gasteiger partial charge on any atom is -0.508 e. The van der Waals surface area contributed by atoms with Gasteiger partial charge in [-0.05, 0) is 117 Å². The number of rotatable bonds is 16. The average molecular weight is 539 g/mol. The molecule has 0 fully saturated rings. The molecule has 0 aliphatic carbocycles. The maximum absolute atomic E-state index is 11.6. The van der Waals surface area contributed by atoms with Gasteiger partial charge >= 0.3 is 11.9 Å². The minimum absolute atomic E-state index is 0.121. The molecule has 1 aromatic carbocycles. The number of hydrogen-bond donors (Lipinski definition) is 1. The van der Waals surface area contributed by atoms with Gasteiger partial charge in [0.15, 0.2) is 0 Å². The standard InChI is InChI=1S/C34H50O5/c1-9-38-33(37)22-20-27(5)18-12-16-25(3)14-10-13-24(2)15-11-17-26(4)19-21-31-23-32(36)28(6)29(7)34(31)39-30(8)35/h14-15,18-19,23,36H,9-13,16-17,20-22H2,1-8H3/b24-15+,25-14+,26-19+,27-18+. The van der Waals surface area contributed by atoms with E-state index in [4.69, 9.17) is 9.47 Å². The summed E-state index contributed by atoms with van der Waals surface area (Å²) in [6, 6.07) is 1.70. The molecule has 0 aliphatic heterocycles. The lowest BCUT2D eigenvalue weighted by Crippen LogP contribution is -2.06. The van der Waals surface area contributed by atoms with Gasteiger partial charge in [0.2, 0.25) is 0 Å². The number of phenols is 1. The predicted molar refractivity (Wildman–Crippen MR) is 161 cm³/mol. The molecule has 0 radical (unpaired) electrons. The Hall–Kier alpha value is -3.08. The summed E-state index contributed by atoms with van der Waals surface area (Å²) < 4.78 is 10.4. The fourth-order valence-electron chi connectivity index (χ4n) is 4.24. The third-order valence-corrected chi connectivity index (χ3v) is 6.93. The average Bonchev–Trinajstić information content (AvgIpc) is 2.87. The van der Waals surface area contributed by atoms with E-state index in [9.17, 15) is 14.7 Å². The number of carbonyl (C=O) groups excluding carboxylic acids is 2. The van der Waals surface area contributed by atoms with Crippen molar-refractivity contribution in [2.45, 2.75) is 113 Å². The lowest BCUT2D eigenvalue weighted by Gasteiger charge is -2.14.